The number of hydrogen-bond acceptors (Lipinski definition) is 4. The summed E-state index contributed by atoms with van der Waals surface area (Å²) in [6, 6.07) is 10.2. The quantitative estimate of drug-likeness (QED) is 0.867. The van der Waals surface area contributed by atoms with Gasteiger partial charge in [-0.15, -0.1) is 0 Å². The normalized spacial score (nSPS) is 11.9. The molecule has 0 saturated heterocycles. The van der Waals surface area contributed by atoms with Crippen LogP contribution in [0, 0.1) is 0 Å². The van der Waals surface area contributed by atoms with Crippen molar-refractivity contribution in [2.24, 2.45) is 0 Å². The van der Waals surface area contributed by atoms with Crippen molar-refractivity contribution in [2.75, 3.05) is 10.6 Å². The molecule has 0 radical (unpaired) electrons. The second-order valence-electron chi connectivity index (χ2n) is 4.35. The lowest BCUT2D eigenvalue weighted by molar-refractivity contribution is 0.758. The van der Waals surface area contributed by atoms with Crippen LogP contribution in [0.2, 0.25) is 0 Å². The Bertz CT molecular complexity index is 544. The molecule has 0 aliphatic carbocycles. The fourth-order valence-electron chi connectivity index (χ4n) is 1.55. The van der Waals surface area contributed by atoms with Gasteiger partial charge in [-0.05, 0) is 37.6 Å². The van der Waals surface area contributed by atoms with E-state index in [9.17, 15) is 0 Å². The number of nitrogens with one attached hydrogen (secondary N) is 2. The van der Waals surface area contributed by atoms with E-state index < -0.39 is 0 Å². The second-order valence-corrected chi connectivity index (χ2v) is 5.27. The highest BCUT2D eigenvalue weighted by molar-refractivity contribution is 9.10. The summed E-state index contributed by atoms with van der Waals surface area (Å²) in [5.74, 6) is 1.42. The SMILES string of the molecule is CCC(C)Nc1ccnc(Nc2cccc(Br)c2)n1. The van der Waals surface area contributed by atoms with Gasteiger partial charge in [-0.25, -0.2) is 4.98 Å². The van der Waals surface area contributed by atoms with E-state index in [1.165, 1.54) is 0 Å². The smallest absolute Gasteiger partial charge is 0.229 e. The summed E-state index contributed by atoms with van der Waals surface area (Å²) in [5, 5.41) is 6.51. The molecule has 1 aromatic heterocycles. The van der Waals surface area contributed by atoms with Crippen LogP contribution in [0.3, 0.4) is 0 Å². The predicted molar refractivity (Wildman–Crippen MR) is 82.8 cm³/mol. The van der Waals surface area contributed by atoms with E-state index >= 15 is 0 Å². The van der Waals surface area contributed by atoms with Crippen molar-refractivity contribution in [1.82, 2.24) is 9.97 Å². The van der Waals surface area contributed by atoms with Gasteiger partial charge < -0.3 is 10.6 Å². The Labute approximate surface area is 121 Å². The highest BCUT2D eigenvalue weighted by Gasteiger charge is 2.03. The molecule has 1 atom stereocenters. The summed E-state index contributed by atoms with van der Waals surface area (Å²) >= 11 is 3.44. The van der Waals surface area contributed by atoms with Gasteiger partial charge in [0.05, 0.1) is 0 Å². The molecule has 1 aromatic carbocycles. The number of hydrogen-bond donors (Lipinski definition) is 2. The predicted octanol–water partition coefficient (Wildman–Crippen LogP) is 4.19. The molecule has 1 unspecified atom stereocenters. The summed E-state index contributed by atoms with van der Waals surface area (Å²) in [6.45, 7) is 4.27. The summed E-state index contributed by atoms with van der Waals surface area (Å²) in [4.78, 5) is 8.66. The van der Waals surface area contributed by atoms with Gasteiger partial charge in [0, 0.05) is 22.4 Å². The van der Waals surface area contributed by atoms with Crippen LogP contribution in [0.5, 0.6) is 0 Å². The zero-order valence-electron chi connectivity index (χ0n) is 11.0. The Morgan fingerprint density at radius 1 is 1.32 bits per heavy atom. The Hall–Kier alpha value is -1.62. The van der Waals surface area contributed by atoms with Gasteiger partial charge in [-0.1, -0.05) is 28.9 Å². The topological polar surface area (TPSA) is 49.8 Å². The maximum atomic E-state index is 4.44. The molecule has 2 rings (SSSR count). The molecule has 100 valence electrons. The number of nitrogens with zero attached hydrogens (tertiary/aromatic N) is 2. The minimum absolute atomic E-state index is 0.397. The summed E-state index contributed by atoms with van der Waals surface area (Å²) in [5.41, 5.74) is 0.954. The molecule has 5 heteroatoms. The molecule has 0 aliphatic heterocycles. The van der Waals surface area contributed by atoms with Crippen molar-refractivity contribution in [3.05, 3.63) is 41.0 Å². The maximum Gasteiger partial charge on any atom is 0.229 e. The van der Waals surface area contributed by atoms with Crippen LogP contribution < -0.4 is 10.6 Å². The van der Waals surface area contributed by atoms with Crippen LogP contribution in [-0.4, -0.2) is 16.0 Å². The Balaban J connectivity index is 2.10. The van der Waals surface area contributed by atoms with Crippen molar-refractivity contribution < 1.29 is 0 Å². The van der Waals surface area contributed by atoms with Crippen LogP contribution in [-0.2, 0) is 0 Å². The minimum Gasteiger partial charge on any atom is -0.367 e. The monoisotopic (exact) mass is 320 g/mol. The molecule has 0 aliphatic rings. The lowest BCUT2D eigenvalue weighted by Crippen LogP contribution is -2.14. The molecule has 0 spiro atoms. The van der Waals surface area contributed by atoms with Crippen LogP contribution in [0.4, 0.5) is 17.5 Å². The molecule has 0 saturated carbocycles. The first-order chi connectivity index (χ1) is 9.17. The average molecular weight is 321 g/mol. The number of aromatic nitrogens is 2. The van der Waals surface area contributed by atoms with Crippen molar-refractivity contribution in [2.45, 2.75) is 26.3 Å². The summed E-state index contributed by atoms with van der Waals surface area (Å²) < 4.78 is 1.02. The Morgan fingerprint density at radius 2 is 2.16 bits per heavy atom. The van der Waals surface area contributed by atoms with E-state index in [1.807, 2.05) is 30.3 Å². The van der Waals surface area contributed by atoms with E-state index in [0.717, 1.165) is 22.4 Å². The van der Waals surface area contributed by atoms with E-state index in [0.29, 0.717) is 12.0 Å². The van der Waals surface area contributed by atoms with Crippen molar-refractivity contribution >= 4 is 33.4 Å². The van der Waals surface area contributed by atoms with E-state index in [2.05, 4.69) is 50.4 Å². The van der Waals surface area contributed by atoms with E-state index in [-0.39, 0.29) is 0 Å². The number of rotatable bonds is 5. The van der Waals surface area contributed by atoms with Crippen molar-refractivity contribution in [3.63, 3.8) is 0 Å². The molecule has 4 nitrogen and oxygen atoms in total. The largest absolute Gasteiger partial charge is 0.367 e. The Morgan fingerprint density at radius 3 is 2.89 bits per heavy atom. The zero-order chi connectivity index (χ0) is 13.7. The number of halogens is 1. The highest BCUT2D eigenvalue weighted by Crippen LogP contribution is 2.19. The summed E-state index contributed by atoms with van der Waals surface area (Å²) in [7, 11) is 0. The van der Waals surface area contributed by atoms with Gasteiger partial charge in [0.15, 0.2) is 0 Å². The van der Waals surface area contributed by atoms with Gasteiger partial charge in [-0.2, -0.15) is 4.98 Å². The number of benzene rings is 1. The van der Waals surface area contributed by atoms with Gasteiger partial charge in [0.2, 0.25) is 5.95 Å². The first kappa shape index (κ1) is 13.8. The molecule has 2 N–H and O–H groups in total. The van der Waals surface area contributed by atoms with Gasteiger partial charge in [0.1, 0.15) is 5.82 Å². The van der Waals surface area contributed by atoms with Gasteiger partial charge >= 0.3 is 0 Å². The molecule has 0 amide bonds. The van der Waals surface area contributed by atoms with E-state index in [1.54, 1.807) is 6.20 Å². The third-order valence-electron chi connectivity index (χ3n) is 2.74. The van der Waals surface area contributed by atoms with Crippen molar-refractivity contribution in [1.29, 1.82) is 0 Å². The average Bonchev–Trinajstić information content (AvgIpc) is 2.39. The summed E-state index contributed by atoms with van der Waals surface area (Å²) in [6.07, 6.45) is 2.80. The van der Waals surface area contributed by atoms with Crippen LogP contribution >= 0.6 is 15.9 Å². The molecule has 0 fully saturated rings. The molecule has 19 heavy (non-hydrogen) atoms. The molecular weight excluding hydrogens is 304 g/mol. The standard InChI is InChI=1S/C14H17BrN4/c1-3-10(2)17-13-7-8-16-14(19-13)18-12-6-4-5-11(15)9-12/h4-10H,3H2,1-2H3,(H2,16,17,18,19). The van der Waals surface area contributed by atoms with Crippen LogP contribution in [0.15, 0.2) is 41.0 Å². The lowest BCUT2D eigenvalue weighted by atomic mass is 10.2. The number of anilines is 3. The van der Waals surface area contributed by atoms with Crippen LogP contribution in [0.1, 0.15) is 20.3 Å². The second kappa shape index (κ2) is 6.52. The van der Waals surface area contributed by atoms with Gasteiger partial charge in [-0.3, -0.25) is 0 Å². The fraction of sp³-hybridized carbons (Fsp3) is 0.286. The molecule has 2 aromatic rings. The zero-order valence-corrected chi connectivity index (χ0v) is 12.6. The third kappa shape index (κ3) is 4.21. The maximum absolute atomic E-state index is 4.44. The van der Waals surface area contributed by atoms with Crippen molar-refractivity contribution in [3.8, 4) is 0 Å². The lowest BCUT2D eigenvalue weighted by Gasteiger charge is -2.12. The van der Waals surface area contributed by atoms with Gasteiger partial charge in [0.25, 0.3) is 0 Å². The molecule has 1 heterocycles. The third-order valence-corrected chi connectivity index (χ3v) is 3.24. The first-order valence-electron chi connectivity index (χ1n) is 6.29. The van der Waals surface area contributed by atoms with E-state index in [4.69, 9.17) is 0 Å². The molecular formula is C14H17BrN4. The Kier molecular flexibility index (Phi) is 4.74. The fourth-order valence-corrected chi connectivity index (χ4v) is 1.95. The highest BCUT2D eigenvalue weighted by atomic mass is 79.9. The minimum atomic E-state index is 0.397. The molecule has 0 bridgehead atoms. The van der Waals surface area contributed by atoms with Crippen LogP contribution in [0.25, 0.3) is 0 Å². The first-order valence-corrected chi connectivity index (χ1v) is 7.09.